The second-order valence-corrected chi connectivity index (χ2v) is 9.71. The predicted molar refractivity (Wildman–Crippen MR) is 92.3 cm³/mol. The first-order valence-electron chi connectivity index (χ1n) is 10.0. The Bertz CT molecular complexity index is 555. The number of ether oxygens (including phenoxy) is 1. The van der Waals surface area contributed by atoms with E-state index < -0.39 is 6.10 Å². The van der Waals surface area contributed by atoms with E-state index in [1.807, 2.05) is 0 Å². The fourth-order valence-corrected chi connectivity index (χ4v) is 7.38. The van der Waals surface area contributed by atoms with E-state index in [0.29, 0.717) is 17.8 Å². The molecular weight excluding hydrogens is 300 g/mol. The molecule has 134 valence electrons. The molecule has 4 fully saturated rings. The lowest BCUT2D eigenvalue weighted by molar-refractivity contribution is -0.170. The molecule has 0 unspecified atom stereocenters. The maximum Gasteiger partial charge on any atom is 0.303 e. The van der Waals surface area contributed by atoms with Gasteiger partial charge >= 0.3 is 5.97 Å². The van der Waals surface area contributed by atoms with Crippen LogP contribution in [0.1, 0.15) is 78.6 Å². The van der Waals surface area contributed by atoms with Crippen molar-refractivity contribution in [2.24, 2.45) is 34.5 Å². The van der Waals surface area contributed by atoms with Crippen molar-refractivity contribution in [1.82, 2.24) is 0 Å². The number of esters is 1. The monoisotopic (exact) mass is 332 g/mol. The Morgan fingerprint density at radius 3 is 2.62 bits per heavy atom. The second kappa shape index (κ2) is 5.57. The lowest BCUT2D eigenvalue weighted by Gasteiger charge is -2.60. The first-order valence-corrected chi connectivity index (χ1v) is 10.0. The molecule has 24 heavy (non-hydrogen) atoms. The van der Waals surface area contributed by atoms with Crippen molar-refractivity contribution in [3.8, 4) is 0 Å². The van der Waals surface area contributed by atoms with Crippen LogP contribution in [-0.2, 0) is 14.3 Å². The minimum Gasteiger partial charge on any atom is -0.455 e. The summed E-state index contributed by atoms with van der Waals surface area (Å²) < 4.78 is 5.42. The molecule has 0 bridgehead atoms. The van der Waals surface area contributed by atoms with Crippen LogP contribution in [0.15, 0.2) is 0 Å². The summed E-state index contributed by atoms with van der Waals surface area (Å²) in [5.41, 5.74) is 0.755. The molecule has 0 aromatic carbocycles. The number of carbonyl (C=O) groups is 2. The van der Waals surface area contributed by atoms with Gasteiger partial charge < -0.3 is 4.74 Å². The number of hydrogen-bond donors (Lipinski definition) is 0. The number of fused-ring (bicyclic) bond motifs is 5. The Labute approximate surface area is 145 Å². The summed E-state index contributed by atoms with van der Waals surface area (Å²) in [6.45, 7) is 6.37. The van der Waals surface area contributed by atoms with Gasteiger partial charge in [-0.25, -0.2) is 0 Å². The molecule has 4 aliphatic carbocycles. The standard InChI is InChI=1S/C21H32O3/c1-13(22)24-19-12-21(3)14(11-18(19)23)6-7-15-16-5-4-9-20(16,2)10-8-17(15)21/h14-17,19H,4-12H2,1-3H3/t14-,15+,16-,17+,19+,20-,21-/m0/s1. The molecule has 0 aromatic heterocycles. The summed E-state index contributed by atoms with van der Waals surface area (Å²) in [6.07, 6.45) is 10.3. The van der Waals surface area contributed by atoms with Crippen LogP contribution in [0.5, 0.6) is 0 Å². The molecule has 0 radical (unpaired) electrons. The van der Waals surface area contributed by atoms with E-state index in [1.54, 1.807) is 0 Å². The fraction of sp³-hybridized carbons (Fsp3) is 0.905. The van der Waals surface area contributed by atoms with Crippen molar-refractivity contribution < 1.29 is 14.3 Å². The fourth-order valence-electron chi connectivity index (χ4n) is 7.38. The third kappa shape index (κ3) is 2.37. The lowest BCUT2D eigenvalue weighted by atomic mass is 9.45. The summed E-state index contributed by atoms with van der Waals surface area (Å²) in [6, 6.07) is 0. The third-order valence-corrected chi connectivity index (χ3v) is 8.59. The molecule has 3 heteroatoms. The quantitative estimate of drug-likeness (QED) is 0.663. The zero-order chi connectivity index (χ0) is 17.1. The van der Waals surface area contributed by atoms with Crippen LogP contribution in [0.4, 0.5) is 0 Å². The Morgan fingerprint density at radius 2 is 1.88 bits per heavy atom. The van der Waals surface area contributed by atoms with Gasteiger partial charge in [0.15, 0.2) is 11.9 Å². The second-order valence-electron chi connectivity index (χ2n) is 9.71. The van der Waals surface area contributed by atoms with E-state index in [1.165, 1.54) is 51.9 Å². The Morgan fingerprint density at radius 1 is 1.08 bits per heavy atom. The van der Waals surface area contributed by atoms with E-state index in [9.17, 15) is 9.59 Å². The van der Waals surface area contributed by atoms with Crippen molar-refractivity contribution in [1.29, 1.82) is 0 Å². The van der Waals surface area contributed by atoms with Crippen molar-refractivity contribution in [2.45, 2.75) is 84.7 Å². The molecule has 4 rings (SSSR count). The molecule has 0 amide bonds. The van der Waals surface area contributed by atoms with Crippen LogP contribution in [0.25, 0.3) is 0 Å². The molecular formula is C21H32O3. The summed E-state index contributed by atoms with van der Waals surface area (Å²) in [5, 5.41) is 0. The average Bonchev–Trinajstić information content (AvgIpc) is 2.90. The smallest absolute Gasteiger partial charge is 0.303 e. The number of hydrogen-bond acceptors (Lipinski definition) is 3. The van der Waals surface area contributed by atoms with Gasteiger partial charge in [-0.15, -0.1) is 0 Å². The number of carbonyl (C=O) groups excluding carboxylic acids is 2. The highest BCUT2D eigenvalue weighted by Crippen LogP contribution is 2.66. The average molecular weight is 332 g/mol. The Hall–Kier alpha value is -0.860. The van der Waals surface area contributed by atoms with Gasteiger partial charge in [0.05, 0.1) is 0 Å². The molecule has 4 saturated carbocycles. The van der Waals surface area contributed by atoms with Gasteiger partial charge in [0.2, 0.25) is 0 Å². The van der Waals surface area contributed by atoms with Gasteiger partial charge in [-0.2, -0.15) is 0 Å². The summed E-state index contributed by atoms with van der Waals surface area (Å²) >= 11 is 0. The number of rotatable bonds is 1. The predicted octanol–water partition coefficient (Wildman–Crippen LogP) is 4.53. The van der Waals surface area contributed by atoms with Gasteiger partial charge in [-0.1, -0.05) is 20.3 Å². The summed E-state index contributed by atoms with van der Waals surface area (Å²) in [4.78, 5) is 23.9. The zero-order valence-corrected chi connectivity index (χ0v) is 15.5. The highest BCUT2D eigenvalue weighted by molar-refractivity contribution is 5.86. The topological polar surface area (TPSA) is 43.4 Å². The first kappa shape index (κ1) is 16.6. The molecule has 0 heterocycles. The maximum absolute atomic E-state index is 12.4. The minimum atomic E-state index is -0.487. The van der Waals surface area contributed by atoms with E-state index >= 15 is 0 Å². The van der Waals surface area contributed by atoms with Gasteiger partial charge in [-0.05, 0) is 79.4 Å². The van der Waals surface area contributed by atoms with Gasteiger partial charge in [0.25, 0.3) is 0 Å². The lowest BCUT2D eigenvalue weighted by Crippen LogP contribution is -2.55. The largest absolute Gasteiger partial charge is 0.455 e. The van der Waals surface area contributed by atoms with Crippen molar-refractivity contribution in [2.75, 3.05) is 0 Å². The van der Waals surface area contributed by atoms with Crippen molar-refractivity contribution in [3.05, 3.63) is 0 Å². The normalized spacial score (nSPS) is 50.6. The highest BCUT2D eigenvalue weighted by atomic mass is 16.5. The summed E-state index contributed by atoms with van der Waals surface area (Å²) in [5.74, 6) is 2.79. The molecule has 0 aromatic rings. The van der Waals surface area contributed by atoms with Crippen LogP contribution in [0, 0.1) is 34.5 Å². The van der Waals surface area contributed by atoms with Gasteiger partial charge in [0, 0.05) is 13.3 Å². The van der Waals surface area contributed by atoms with Crippen molar-refractivity contribution in [3.63, 3.8) is 0 Å². The van der Waals surface area contributed by atoms with Gasteiger partial charge in [0.1, 0.15) is 0 Å². The molecule has 7 atom stereocenters. The van der Waals surface area contributed by atoms with Gasteiger partial charge in [-0.3, -0.25) is 9.59 Å². The Balaban J connectivity index is 1.61. The van der Waals surface area contributed by atoms with Crippen LogP contribution in [0.2, 0.25) is 0 Å². The van der Waals surface area contributed by atoms with Crippen LogP contribution >= 0.6 is 0 Å². The van der Waals surface area contributed by atoms with Crippen LogP contribution in [0.3, 0.4) is 0 Å². The van der Waals surface area contributed by atoms with E-state index in [-0.39, 0.29) is 17.2 Å². The molecule has 4 aliphatic rings. The number of ketones is 1. The summed E-state index contributed by atoms with van der Waals surface area (Å²) in [7, 11) is 0. The first-order chi connectivity index (χ1) is 11.3. The highest BCUT2D eigenvalue weighted by Gasteiger charge is 2.59. The zero-order valence-electron chi connectivity index (χ0n) is 15.5. The van der Waals surface area contributed by atoms with E-state index in [4.69, 9.17) is 4.74 Å². The van der Waals surface area contributed by atoms with Crippen LogP contribution in [-0.4, -0.2) is 17.9 Å². The number of Topliss-reactive ketones (excluding diaryl/α,β-unsaturated/α-hetero) is 1. The molecule has 0 aliphatic heterocycles. The van der Waals surface area contributed by atoms with Crippen LogP contribution < -0.4 is 0 Å². The molecule has 0 N–H and O–H groups in total. The maximum atomic E-state index is 12.4. The van der Waals surface area contributed by atoms with Crippen molar-refractivity contribution >= 4 is 11.8 Å². The SMILES string of the molecule is CC(=O)O[C@@H]1C[C@@]2(C)[C@@H](CC[C@H]3[C@H]2CC[C@]2(C)CCC[C@@H]32)CC1=O. The third-order valence-electron chi connectivity index (χ3n) is 8.59. The Kier molecular flexibility index (Phi) is 3.85. The van der Waals surface area contributed by atoms with E-state index in [0.717, 1.165) is 24.2 Å². The minimum absolute atomic E-state index is 0.160. The molecule has 0 spiro atoms. The molecule has 0 saturated heterocycles. The molecule has 3 nitrogen and oxygen atoms in total. The van der Waals surface area contributed by atoms with E-state index in [2.05, 4.69) is 13.8 Å².